The van der Waals surface area contributed by atoms with Gasteiger partial charge in [0.2, 0.25) is 17.7 Å². The second kappa shape index (κ2) is 8.27. The van der Waals surface area contributed by atoms with Crippen LogP contribution in [0.4, 0.5) is 5.69 Å². The van der Waals surface area contributed by atoms with Gasteiger partial charge in [0, 0.05) is 26.2 Å². The zero-order valence-corrected chi connectivity index (χ0v) is 16.8. The van der Waals surface area contributed by atoms with Crippen LogP contribution in [-0.2, 0) is 14.4 Å². The van der Waals surface area contributed by atoms with Crippen molar-refractivity contribution in [3.8, 4) is 5.75 Å². The van der Waals surface area contributed by atoms with Gasteiger partial charge in [-0.1, -0.05) is 24.3 Å². The molecule has 154 valence electrons. The van der Waals surface area contributed by atoms with Crippen LogP contribution in [0.25, 0.3) is 0 Å². The number of imide groups is 1. The molecule has 1 aromatic carbocycles. The van der Waals surface area contributed by atoms with Crippen molar-refractivity contribution < 1.29 is 19.1 Å². The molecule has 1 aliphatic carbocycles. The number of nitrogens with zero attached hydrogens (tertiary/aromatic N) is 3. The molecule has 0 N–H and O–H groups in total. The van der Waals surface area contributed by atoms with Crippen LogP contribution in [0.2, 0.25) is 0 Å². The highest BCUT2D eigenvalue weighted by Gasteiger charge is 2.48. The van der Waals surface area contributed by atoms with E-state index >= 15 is 0 Å². The zero-order chi connectivity index (χ0) is 20.4. The second-order valence-corrected chi connectivity index (χ2v) is 7.69. The monoisotopic (exact) mass is 397 g/mol. The minimum atomic E-state index is -0.285. The average molecular weight is 397 g/mol. The Morgan fingerprint density at radius 2 is 1.62 bits per heavy atom. The number of rotatable bonds is 5. The molecule has 2 saturated heterocycles. The van der Waals surface area contributed by atoms with Crippen molar-refractivity contribution in [2.45, 2.75) is 19.8 Å². The molecule has 4 rings (SSSR count). The summed E-state index contributed by atoms with van der Waals surface area (Å²) in [6.45, 7) is 4.92. The molecule has 0 aromatic heterocycles. The van der Waals surface area contributed by atoms with Crippen LogP contribution in [-0.4, -0.2) is 66.9 Å². The third-order valence-corrected chi connectivity index (χ3v) is 6.03. The Morgan fingerprint density at radius 3 is 2.24 bits per heavy atom. The van der Waals surface area contributed by atoms with Gasteiger partial charge in [-0.3, -0.25) is 19.3 Å². The highest BCUT2D eigenvalue weighted by Crippen LogP contribution is 2.35. The van der Waals surface area contributed by atoms with Crippen LogP contribution in [0, 0.1) is 11.8 Å². The van der Waals surface area contributed by atoms with E-state index < -0.39 is 0 Å². The van der Waals surface area contributed by atoms with E-state index in [1.54, 1.807) is 4.90 Å². The third-order valence-electron chi connectivity index (χ3n) is 6.03. The summed E-state index contributed by atoms with van der Waals surface area (Å²) in [5.41, 5.74) is 1.03. The second-order valence-electron chi connectivity index (χ2n) is 7.69. The van der Waals surface area contributed by atoms with Crippen molar-refractivity contribution in [1.29, 1.82) is 0 Å². The van der Waals surface area contributed by atoms with Gasteiger partial charge in [-0.25, -0.2) is 0 Å². The Bertz CT molecular complexity index is 803. The fourth-order valence-corrected chi connectivity index (χ4v) is 4.45. The van der Waals surface area contributed by atoms with E-state index in [2.05, 4.69) is 4.90 Å². The first-order valence-electron chi connectivity index (χ1n) is 10.3. The molecule has 0 spiro atoms. The van der Waals surface area contributed by atoms with Crippen LogP contribution in [0.3, 0.4) is 0 Å². The summed E-state index contributed by atoms with van der Waals surface area (Å²) >= 11 is 0. The van der Waals surface area contributed by atoms with E-state index in [4.69, 9.17) is 4.74 Å². The van der Waals surface area contributed by atoms with Crippen molar-refractivity contribution in [2.24, 2.45) is 11.8 Å². The van der Waals surface area contributed by atoms with E-state index in [-0.39, 0.29) is 36.1 Å². The van der Waals surface area contributed by atoms with Crippen molar-refractivity contribution in [1.82, 2.24) is 9.80 Å². The van der Waals surface area contributed by atoms with E-state index in [9.17, 15) is 14.4 Å². The van der Waals surface area contributed by atoms with Crippen molar-refractivity contribution >= 4 is 23.4 Å². The molecule has 1 aromatic rings. The number of piperazine rings is 1. The van der Waals surface area contributed by atoms with Crippen molar-refractivity contribution in [3.05, 3.63) is 36.4 Å². The number of hydrogen-bond donors (Lipinski definition) is 0. The number of carbonyl (C=O) groups is 3. The number of hydrogen-bond acceptors (Lipinski definition) is 5. The highest BCUT2D eigenvalue weighted by atomic mass is 16.5. The summed E-state index contributed by atoms with van der Waals surface area (Å²) in [6, 6.07) is 7.91. The zero-order valence-electron chi connectivity index (χ0n) is 16.8. The van der Waals surface area contributed by atoms with E-state index in [1.807, 2.05) is 43.3 Å². The lowest BCUT2D eigenvalue weighted by molar-refractivity contribution is -0.146. The number of amides is 3. The highest BCUT2D eigenvalue weighted by molar-refractivity contribution is 6.07. The summed E-state index contributed by atoms with van der Waals surface area (Å²) in [6.07, 6.45) is 5.10. The van der Waals surface area contributed by atoms with Crippen LogP contribution < -0.4 is 9.64 Å². The first-order valence-corrected chi connectivity index (χ1v) is 10.3. The molecular formula is C22H27N3O4. The van der Waals surface area contributed by atoms with Crippen molar-refractivity contribution in [3.63, 3.8) is 0 Å². The minimum Gasteiger partial charge on any atom is -0.492 e. The Kier molecular flexibility index (Phi) is 5.56. The summed E-state index contributed by atoms with van der Waals surface area (Å²) in [4.78, 5) is 43.1. The Morgan fingerprint density at radius 1 is 1.00 bits per heavy atom. The van der Waals surface area contributed by atoms with Gasteiger partial charge >= 0.3 is 0 Å². The molecule has 0 bridgehead atoms. The van der Waals surface area contributed by atoms with Gasteiger partial charge in [-0.15, -0.1) is 0 Å². The number of likely N-dealkylation sites (tertiary alicyclic amines) is 1. The number of ether oxygens (including phenoxy) is 1. The number of para-hydroxylation sites is 2. The van der Waals surface area contributed by atoms with Gasteiger partial charge in [-0.2, -0.15) is 0 Å². The third kappa shape index (κ3) is 3.73. The largest absolute Gasteiger partial charge is 0.492 e. The first kappa shape index (κ1) is 19.5. The molecule has 0 unspecified atom stereocenters. The quantitative estimate of drug-likeness (QED) is 0.559. The number of benzene rings is 1. The molecule has 3 amide bonds. The van der Waals surface area contributed by atoms with Crippen LogP contribution in [0.1, 0.15) is 19.8 Å². The molecule has 2 fully saturated rings. The molecule has 2 heterocycles. The normalized spacial score (nSPS) is 24.1. The van der Waals surface area contributed by atoms with Crippen molar-refractivity contribution in [2.75, 3.05) is 44.2 Å². The molecule has 2 aliphatic heterocycles. The summed E-state index contributed by atoms with van der Waals surface area (Å²) in [5.74, 6) is -0.265. The fourth-order valence-electron chi connectivity index (χ4n) is 4.45. The van der Waals surface area contributed by atoms with E-state index in [0.717, 1.165) is 11.4 Å². The SMILES string of the molecule is CCOc1ccccc1N1CCN(C(=O)CN2C(=O)[C@H]3CC=CC[C@H]3C2=O)CC1. The summed E-state index contributed by atoms with van der Waals surface area (Å²) < 4.78 is 5.71. The fraction of sp³-hybridized carbons (Fsp3) is 0.500. The number of carbonyl (C=O) groups excluding carboxylic acids is 3. The first-order chi connectivity index (χ1) is 14.1. The van der Waals surface area contributed by atoms with Gasteiger partial charge < -0.3 is 14.5 Å². The smallest absolute Gasteiger partial charge is 0.242 e. The molecule has 3 aliphatic rings. The maximum absolute atomic E-state index is 12.8. The van der Waals surface area contributed by atoms with E-state index in [0.29, 0.717) is 45.6 Å². The molecule has 7 nitrogen and oxygen atoms in total. The Labute approximate surface area is 170 Å². The molecule has 29 heavy (non-hydrogen) atoms. The van der Waals surface area contributed by atoms with Gasteiger partial charge in [0.05, 0.1) is 24.1 Å². The molecule has 0 saturated carbocycles. The topological polar surface area (TPSA) is 70.2 Å². The molecule has 2 atom stereocenters. The van der Waals surface area contributed by atoms with Gasteiger partial charge in [-0.05, 0) is 31.9 Å². The standard InChI is InChI=1S/C22H27N3O4/c1-2-29-19-10-6-5-9-18(19)23-11-13-24(14-12-23)20(26)15-25-21(27)16-7-3-4-8-17(16)22(25)28/h3-6,9-10,16-17H,2,7-8,11-15H2,1H3/t16-,17+. The average Bonchev–Trinajstić information content (AvgIpc) is 3.00. The van der Waals surface area contributed by atoms with E-state index in [1.165, 1.54) is 4.90 Å². The van der Waals surface area contributed by atoms with Gasteiger partial charge in [0.1, 0.15) is 12.3 Å². The predicted molar refractivity (Wildman–Crippen MR) is 108 cm³/mol. The molecular weight excluding hydrogens is 370 g/mol. The number of fused-ring (bicyclic) bond motifs is 1. The maximum Gasteiger partial charge on any atom is 0.242 e. The predicted octanol–water partition coefficient (Wildman–Crippen LogP) is 1.69. The van der Waals surface area contributed by atoms with Crippen LogP contribution in [0.15, 0.2) is 36.4 Å². The summed E-state index contributed by atoms with van der Waals surface area (Å²) in [7, 11) is 0. The maximum atomic E-state index is 12.8. The molecule has 0 radical (unpaired) electrons. The summed E-state index contributed by atoms with van der Waals surface area (Å²) in [5, 5.41) is 0. The van der Waals surface area contributed by atoms with Crippen LogP contribution >= 0.6 is 0 Å². The Hall–Kier alpha value is -2.83. The molecule has 7 heteroatoms. The van der Waals surface area contributed by atoms with Crippen LogP contribution in [0.5, 0.6) is 5.75 Å². The lowest BCUT2D eigenvalue weighted by Crippen LogP contribution is -2.52. The Balaban J connectivity index is 1.35. The van der Waals surface area contributed by atoms with Gasteiger partial charge in [0.15, 0.2) is 0 Å². The number of anilines is 1. The number of allylic oxidation sites excluding steroid dienone is 2. The minimum absolute atomic E-state index is 0.139. The van der Waals surface area contributed by atoms with Gasteiger partial charge in [0.25, 0.3) is 0 Å². The lowest BCUT2D eigenvalue weighted by Gasteiger charge is -2.37. The lowest BCUT2D eigenvalue weighted by atomic mass is 9.85.